The van der Waals surface area contributed by atoms with E-state index in [1.165, 1.54) is 19.1 Å². The molecule has 2 rings (SSSR count). The van der Waals surface area contributed by atoms with E-state index >= 15 is 0 Å². The van der Waals surface area contributed by atoms with Crippen LogP contribution in [0.3, 0.4) is 0 Å². The lowest BCUT2D eigenvalue weighted by atomic mass is 10.2. The van der Waals surface area contributed by atoms with E-state index in [2.05, 4.69) is 26.6 Å². The lowest BCUT2D eigenvalue weighted by molar-refractivity contribution is -0.140. The Hall–Kier alpha value is -2.87. The first-order chi connectivity index (χ1) is 11.9. The zero-order chi connectivity index (χ0) is 18.4. The summed E-state index contributed by atoms with van der Waals surface area (Å²) in [4.78, 5) is 35.5. The molecule has 2 aromatic rings. The third-order valence-electron chi connectivity index (χ3n) is 3.12. The third kappa shape index (κ3) is 5.32. The van der Waals surface area contributed by atoms with Crippen molar-refractivity contribution < 1.29 is 23.9 Å². The number of carboxylic acid groups (broad SMARTS) is 1. The highest BCUT2D eigenvalue weighted by Crippen LogP contribution is 2.14. The highest BCUT2D eigenvalue weighted by Gasteiger charge is 2.20. The molecule has 0 spiro atoms. The largest absolute Gasteiger partial charge is 0.480 e. The maximum absolute atomic E-state index is 12.3. The fourth-order valence-corrected chi connectivity index (χ4v) is 2.14. The SMILES string of the molecule is C[C@H](NC(=O)/C(=C/c1ccccc1)NC(=O)c1ccc(Br)o1)C(=O)O. The van der Waals surface area contributed by atoms with E-state index in [-0.39, 0.29) is 11.5 Å². The van der Waals surface area contributed by atoms with Crippen LogP contribution in [-0.2, 0) is 9.59 Å². The van der Waals surface area contributed by atoms with Gasteiger partial charge in [-0.25, -0.2) is 0 Å². The van der Waals surface area contributed by atoms with Gasteiger partial charge in [0.25, 0.3) is 11.8 Å². The summed E-state index contributed by atoms with van der Waals surface area (Å²) >= 11 is 3.09. The number of halogens is 1. The zero-order valence-electron chi connectivity index (χ0n) is 13.2. The van der Waals surface area contributed by atoms with Gasteiger partial charge in [-0.3, -0.25) is 14.4 Å². The number of hydrogen-bond acceptors (Lipinski definition) is 4. The van der Waals surface area contributed by atoms with Crippen LogP contribution in [0.4, 0.5) is 0 Å². The number of nitrogens with one attached hydrogen (secondary N) is 2. The average Bonchev–Trinajstić information content (AvgIpc) is 3.01. The molecule has 1 atom stereocenters. The summed E-state index contributed by atoms with van der Waals surface area (Å²) in [6, 6.07) is 10.7. The lowest BCUT2D eigenvalue weighted by Gasteiger charge is -2.13. The van der Waals surface area contributed by atoms with E-state index in [0.717, 1.165) is 0 Å². The van der Waals surface area contributed by atoms with Gasteiger partial charge in [0.2, 0.25) is 0 Å². The summed E-state index contributed by atoms with van der Waals surface area (Å²) in [7, 11) is 0. The van der Waals surface area contributed by atoms with Crippen LogP contribution in [0.25, 0.3) is 6.08 Å². The van der Waals surface area contributed by atoms with Gasteiger partial charge in [-0.2, -0.15) is 0 Å². The monoisotopic (exact) mass is 406 g/mol. The van der Waals surface area contributed by atoms with Gasteiger partial charge in [0, 0.05) is 0 Å². The number of furan rings is 1. The molecule has 1 heterocycles. The number of carbonyl (C=O) groups excluding carboxylic acids is 2. The topological polar surface area (TPSA) is 109 Å². The first kappa shape index (κ1) is 18.5. The Labute approximate surface area is 151 Å². The van der Waals surface area contributed by atoms with Crippen molar-refractivity contribution in [2.45, 2.75) is 13.0 Å². The molecular weight excluding hydrogens is 392 g/mol. The molecule has 1 aromatic heterocycles. The van der Waals surface area contributed by atoms with Crippen LogP contribution < -0.4 is 10.6 Å². The lowest BCUT2D eigenvalue weighted by Crippen LogP contribution is -2.42. The molecule has 0 bridgehead atoms. The van der Waals surface area contributed by atoms with Crippen LogP contribution in [-0.4, -0.2) is 28.9 Å². The predicted molar refractivity (Wildman–Crippen MR) is 93.5 cm³/mol. The second-order valence-electron chi connectivity index (χ2n) is 5.06. The van der Waals surface area contributed by atoms with E-state index in [1.807, 2.05) is 6.07 Å². The Morgan fingerprint density at radius 3 is 2.40 bits per heavy atom. The molecule has 0 aliphatic rings. The molecule has 3 N–H and O–H groups in total. The molecule has 2 amide bonds. The van der Waals surface area contributed by atoms with Gasteiger partial charge in [0.15, 0.2) is 10.4 Å². The minimum Gasteiger partial charge on any atom is -0.480 e. The number of benzene rings is 1. The van der Waals surface area contributed by atoms with Crippen molar-refractivity contribution in [1.82, 2.24) is 10.6 Å². The summed E-state index contributed by atoms with van der Waals surface area (Å²) < 4.78 is 5.52. The third-order valence-corrected chi connectivity index (χ3v) is 3.54. The maximum atomic E-state index is 12.3. The van der Waals surface area contributed by atoms with Crippen LogP contribution in [0.1, 0.15) is 23.0 Å². The van der Waals surface area contributed by atoms with Crippen LogP contribution in [0.15, 0.2) is 57.2 Å². The van der Waals surface area contributed by atoms with Gasteiger partial charge >= 0.3 is 5.97 Å². The second kappa shape index (κ2) is 8.29. The number of hydrogen-bond donors (Lipinski definition) is 3. The quantitative estimate of drug-likeness (QED) is 0.638. The van der Waals surface area contributed by atoms with Gasteiger partial charge in [0.05, 0.1) is 0 Å². The molecule has 0 saturated heterocycles. The fraction of sp³-hybridized carbons (Fsp3) is 0.118. The maximum Gasteiger partial charge on any atom is 0.325 e. The minimum absolute atomic E-state index is 0.00456. The van der Waals surface area contributed by atoms with E-state index in [4.69, 9.17) is 9.52 Å². The molecule has 0 aliphatic carbocycles. The number of carboxylic acids is 1. The average molecular weight is 407 g/mol. The van der Waals surface area contributed by atoms with Crippen molar-refractivity contribution >= 4 is 39.8 Å². The summed E-state index contributed by atoms with van der Waals surface area (Å²) in [5.41, 5.74) is 0.563. The first-order valence-electron chi connectivity index (χ1n) is 7.24. The summed E-state index contributed by atoms with van der Waals surface area (Å²) in [6.45, 7) is 1.33. The minimum atomic E-state index is -1.19. The first-order valence-corrected chi connectivity index (χ1v) is 8.03. The molecule has 8 heteroatoms. The summed E-state index contributed by atoms with van der Waals surface area (Å²) in [5.74, 6) is -2.54. The Balaban J connectivity index is 2.25. The standard InChI is InChI=1S/C17H15BrN2O5/c1-10(17(23)24)19-15(21)12(9-11-5-3-2-4-6-11)20-16(22)13-7-8-14(18)25-13/h2-10H,1H3,(H,19,21)(H,20,22)(H,23,24)/b12-9-/t10-/m0/s1. The highest BCUT2D eigenvalue weighted by atomic mass is 79.9. The molecule has 7 nitrogen and oxygen atoms in total. The van der Waals surface area contributed by atoms with E-state index in [9.17, 15) is 14.4 Å². The summed E-state index contributed by atoms with van der Waals surface area (Å²) in [6.07, 6.45) is 1.44. The van der Waals surface area contributed by atoms with E-state index in [0.29, 0.717) is 10.2 Å². The van der Waals surface area contributed by atoms with Crippen LogP contribution >= 0.6 is 15.9 Å². The fourth-order valence-electron chi connectivity index (χ4n) is 1.83. The normalized spacial score (nSPS) is 12.3. The molecule has 0 saturated carbocycles. The molecule has 0 radical (unpaired) electrons. The Kier molecular flexibility index (Phi) is 6.13. The molecule has 0 fully saturated rings. The van der Waals surface area contributed by atoms with Crippen molar-refractivity contribution in [1.29, 1.82) is 0 Å². The second-order valence-corrected chi connectivity index (χ2v) is 5.84. The summed E-state index contributed by atoms with van der Waals surface area (Å²) in [5, 5.41) is 13.7. The van der Waals surface area contributed by atoms with Crippen molar-refractivity contribution in [3.63, 3.8) is 0 Å². The highest BCUT2D eigenvalue weighted by molar-refractivity contribution is 9.10. The van der Waals surface area contributed by atoms with Crippen molar-refractivity contribution in [3.8, 4) is 0 Å². The van der Waals surface area contributed by atoms with Crippen LogP contribution in [0.2, 0.25) is 0 Å². The number of rotatable bonds is 6. The predicted octanol–water partition coefficient (Wildman–Crippen LogP) is 2.40. The van der Waals surface area contributed by atoms with E-state index < -0.39 is 23.8 Å². The zero-order valence-corrected chi connectivity index (χ0v) is 14.7. The molecule has 1 aromatic carbocycles. The molecule has 0 unspecified atom stereocenters. The van der Waals surface area contributed by atoms with E-state index in [1.54, 1.807) is 30.3 Å². The van der Waals surface area contributed by atoms with Gasteiger partial charge in [-0.05, 0) is 46.6 Å². The molecule has 25 heavy (non-hydrogen) atoms. The molecular formula is C17H15BrN2O5. The molecule has 130 valence electrons. The van der Waals surface area contributed by atoms with Gasteiger partial charge in [-0.15, -0.1) is 0 Å². The number of aliphatic carboxylic acids is 1. The van der Waals surface area contributed by atoms with Crippen molar-refractivity contribution in [2.75, 3.05) is 0 Å². The molecule has 0 aliphatic heterocycles. The van der Waals surface area contributed by atoms with Gasteiger partial charge in [0.1, 0.15) is 11.7 Å². The smallest absolute Gasteiger partial charge is 0.325 e. The van der Waals surface area contributed by atoms with Crippen molar-refractivity contribution in [2.24, 2.45) is 0 Å². The Morgan fingerprint density at radius 2 is 1.84 bits per heavy atom. The number of amides is 2. The van der Waals surface area contributed by atoms with Gasteiger partial charge in [-0.1, -0.05) is 30.3 Å². The Bertz CT molecular complexity index is 813. The van der Waals surface area contributed by atoms with Crippen LogP contribution in [0.5, 0.6) is 0 Å². The number of carbonyl (C=O) groups is 3. The van der Waals surface area contributed by atoms with Crippen molar-refractivity contribution in [3.05, 3.63) is 64.2 Å². The van der Waals surface area contributed by atoms with Crippen LogP contribution in [0, 0.1) is 0 Å². The van der Waals surface area contributed by atoms with Gasteiger partial charge < -0.3 is 20.2 Å². The Morgan fingerprint density at radius 1 is 1.16 bits per heavy atom.